The fourth-order valence-electron chi connectivity index (χ4n) is 7.14. The van der Waals surface area contributed by atoms with Crippen LogP contribution in [0, 0.1) is 0 Å². The number of benzene rings is 3. The molecule has 1 fully saturated rings. The van der Waals surface area contributed by atoms with Crippen LogP contribution in [-0.4, -0.2) is 39.3 Å². The summed E-state index contributed by atoms with van der Waals surface area (Å²) in [7, 11) is -1.77. The fraction of sp³-hybridized carbons (Fsp3) is 0.286. The quantitative estimate of drug-likeness (QED) is 0.154. The van der Waals surface area contributed by atoms with Crippen molar-refractivity contribution in [2.75, 3.05) is 11.1 Å². The molecule has 0 spiro atoms. The van der Waals surface area contributed by atoms with Gasteiger partial charge in [0.15, 0.2) is 5.82 Å². The fourth-order valence-corrected chi connectivity index (χ4v) is 9.22. The van der Waals surface area contributed by atoms with Gasteiger partial charge in [-0.3, -0.25) is 14.2 Å². The number of fused-ring (bicyclic) bond motifs is 1. The Morgan fingerprint density at radius 3 is 2.31 bits per heavy atom. The summed E-state index contributed by atoms with van der Waals surface area (Å²) >= 11 is 0. The van der Waals surface area contributed by atoms with Crippen LogP contribution in [0.4, 0.5) is 11.5 Å². The molecule has 9 nitrogen and oxygen atoms in total. The molecule has 1 saturated carbocycles. The molecule has 0 saturated heterocycles. The summed E-state index contributed by atoms with van der Waals surface area (Å²) in [5.41, 5.74) is 11.1. The van der Waals surface area contributed by atoms with E-state index < -0.39 is 14.0 Å². The molecule has 7 rings (SSSR count). The highest BCUT2D eigenvalue weighted by Crippen LogP contribution is 2.41. The SMILES string of the molecule is CC(C)(C)[Si](C)(C)c1ccccc1OC1CCC(c2cc(-c3ccc(NC(=O)c4cccn(-c5ccccc5)c4=O)cc3)c3c(N)ncnn23)CC1. The lowest BCUT2D eigenvalue weighted by Gasteiger charge is -2.39. The maximum Gasteiger partial charge on any atom is 0.267 e. The van der Waals surface area contributed by atoms with Crippen LogP contribution in [0.25, 0.3) is 22.3 Å². The van der Waals surface area contributed by atoms with Crippen molar-refractivity contribution in [3.05, 3.63) is 131 Å². The normalized spacial score (nSPS) is 16.5. The summed E-state index contributed by atoms with van der Waals surface area (Å²) in [5.74, 6) is 1.27. The third-order valence-corrected chi connectivity index (χ3v) is 16.6. The molecule has 3 aromatic carbocycles. The van der Waals surface area contributed by atoms with E-state index in [2.05, 4.69) is 79.6 Å². The minimum absolute atomic E-state index is 0.0587. The summed E-state index contributed by atoms with van der Waals surface area (Å²) in [4.78, 5) is 30.7. The summed E-state index contributed by atoms with van der Waals surface area (Å²) in [5, 5.41) is 9.13. The van der Waals surface area contributed by atoms with E-state index >= 15 is 0 Å². The topological polar surface area (TPSA) is 117 Å². The van der Waals surface area contributed by atoms with E-state index in [0.29, 0.717) is 17.2 Å². The first kappa shape index (κ1) is 34.9. The largest absolute Gasteiger partial charge is 0.491 e. The van der Waals surface area contributed by atoms with Crippen LogP contribution >= 0.6 is 0 Å². The molecule has 3 aromatic heterocycles. The van der Waals surface area contributed by atoms with Crippen LogP contribution in [0.5, 0.6) is 5.75 Å². The van der Waals surface area contributed by atoms with Crippen molar-refractivity contribution < 1.29 is 9.53 Å². The number of carbonyl (C=O) groups excluding carboxylic acids is 1. The van der Waals surface area contributed by atoms with Crippen LogP contribution in [0.3, 0.4) is 0 Å². The van der Waals surface area contributed by atoms with Gasteiger partial charge in [0.05, 0.1) is 14.2 Å². The van der Waals surface area contributed by atoms with Gasteiger partial charge in [0.25, 0.3) is 11.5 Å². The average molecular weight is 711 g/mol. The minimum Gasteiger partial charge on any atom is -0.491 e. The first-order chi connectivity index (χ1) is 24.9. The van der Waals surface area contributed by atoms with Crippen molar-refractivity contribution in [1.82, 2.24) is 19.2 Å². The molecule has 0 atom stereocenters. The zero-order valence-electron chi connectivity index (χ0n) is 30.5. The number of amides is 1. The second-order valence-corrected chi connectivity index (χ2v) is 20.6. The maximum absolute atomic E-state index is 13.2. The van der Waals surface area contributed by atoms with Crippen molar-refractivity contribution in [1.29, 1.82) is 0 Å². The third kappa shape index (κ3) is 6.66. The number of hydrogen-bond donors (Lipinski definition) is 2. The molecule has 0 aliphatic heterocycles. The Morgan fingerprint density at radius 2 is 1.60 bits per heavy atom. The number of ether oxygens (including phenoxy) is 1. The van der Waals surface area contributed by atoms with Gasteiger partial charge in [0, 0.05) is 34.7 Å². The number of rotatable bonds is 8. The molecular formula is C42H46N6O3Si. The van der Waals surface area contributed by atoms with Gasteiger partial charge in [-0.15, -0.1) is 0 Å². The van der Waals surface area contributed by atoms with Crippen LogP contribution in [0.1, 0.15) is 68.4 Å². The second-order valence-electron chi connectivity index (χ2n) is 15.3. The van der Waals surface area contributed by atoms with Crippen molar-refractivity contribution in [2.45, 2.75) is 76.6 Å². The van der Waals surface area contributed by atoms with Gasteiger partial charge < -0.3 is 15.8 Å². The van der Waals surface area contributed by atoms with Gasteiger partial charge in [-0.2, -0.15) is 5.10 Å². The smallest absolute Gasteiger partial charge is 0.267 e. The lowest BCUT2D eigenvalue weighted by atomic mass is 9.85. The molecule has 6 aromatic rings. The molecule has 3 heterocycles. The van der Waals surface area contributed by atoms with Gasteiger partial charge in [0.2, 0.25) is 0 Å². The third-order valence-electron chi connectivity index (χ3n) is 11.1. The van der Waals surface area contributed by atoms with Crippen molar-refractivity contribution in [3.8, 4) is 22.6 Å². The van der Waals surface area contributed by atoms with Gasteiger partial charge in [-0.1, -0.05) is 82.4 Å². The summed E-state index contributed by atoms with van der Waals surface area (Å²) < 4.78 is 10.2. The Kier molecular flexibility index (Phi) is 9.35. The van der Waals surface area contributed by atoms with Crippen molar-refractivity contribution in [3.63, 3.8) is 0 Å². The molecule has 0 radical (unpaired) electrons. The Morgan fingerprint density at radius 1 is 0.904 bits per heavy atom. The van der Waals surface area contributed by atoms with Crippen LogP contribution < -0.4 is 26.5 Å². The van der Waals surface area contributed by atoms with Crippen molar-refractivity contribution >= 4 is 36.2 Å². The highest BCUT2D eigenvalue weighted by atomic mass is 28.3. The van der Waals surface area contributed by atoms with E-state index in [1.807, 2.05) is 59.1 Å². The highest BCUT2D eigenvalue weighted by Gasteiger charge is 2.39. The Labute approximate surface area is 305 Å². The molecule has 3 N–H and O–H groups in total. The van der Waals surface area contributed by atoms with E-state index in [1.165, 1.54) is 22.1 Å². The Hall–Kier alpha value is -5.48. The molecular weight excluding hydrogens is 665 g/mol. The summed E-state index contributed by atoms with van der Waals surface area (Å²) in [6.07, 6.45) is 7.17. The lowest BCUT2D eigenvalue weighted by molar-refractivity contribution is 0.102. The standard InChI is InChI=1S/C42H46N6O3Si/c1-42(2,3)52(4,5)37-16-10-9-15-36(37)51-32-23-19-29(20-24-32)35-26-34(38-39(43)44-27-45-48(35)38)28-17-21-30(22-18-28)46-40(49)33-14-11-25-47(41(33)50)31-12-7-6-8-13-31/h6-18,21-22,25-27,29,32H,19-20,23-24H2,1-5H3,(H,46,49)(H2,43,44,45). The zero-order valence-corrected chi connectivity index (χ0v) is 31.5. The van der Waals surface area contributed by atoms with Crippen LogP contribution in [0.2, 0.25) is 18.1 Å². The number of carbonyl (C=O) groups is 1. The first-order valence-corrected chi connectivity index (χ1v) is 21.0. The highest BCUT2D eigenvalue weighted by molar-refractivity contribution is 6.92. The average Bonchev–Trinajstić information content (AvgIpc) is 3.53. The first-order valence-electron chi connectivity index (χ1n) is 18.0. The molecule has 1 amide bonds. The molecule has 266 valence electrons. The van der Waals surface area contributed by atoms with Gasteiger partial charge >= 0.3 is 0 Å². The number of pyridine rings is 1. The van der Waals surface area contributed by atoms with E-state index in [-0.39, 0.29) is 28.2 Å². The summed E-state index contributed by atoms with van der Waals surface area (Å²) in [6.45, 7) is 11.9. The molecule has 10 heteroatoms. The lowest BCUT2D eigenvalue weighted by Crippen LogP contribution is -2.50. The summed E-state index contributed by atoms with van der Waals surface area (Å²) in [6, 6.07) is 30.8. The van der Waals surface area contributed by atoms with Gasteiger partial charge in [-0.05, 0) is 90.0 Å². The number of nitrogens with one attached hydrogen (secondary N) is 1. The number of hydrogen-bond acceptors (Lipinski definition) is 6. The number of anilines is 2. The van der Waals surface area contributed by atoms with E-state index in [0.717, 1.165) is 53.8 Å². The molecule has 52 heavy (non-hydrogen) atoms. The predicted molar refractivity (Wildman–Crippen MR) is 212 cm³/mol. The van der Waals surface area contributed by atoms with Crippen LogP contribution in [0.15, 0.2) is 114 Å². The molecule has 0 unspecified atom stereocenters. The van der Waals surface area contributed by atoms with Gasteiger partial charge in [0.1, 0.15) is 23.2 Å². The number of nitrogen functional groups attached to an aromatic ring is 1. The van der Waals surface area contributed by atoms with E-state index in [1.54, 1.807) is 12.3 Å². The van der Waals surface area contributed by atoms with Crippen molar-refractivity contribution in [2.24, 2.45) is 0 Å². The monoisotopic (exact) mass is 710 g/mol. The minimum atomic E-state index is -1.77. The zero-order chi connectivity index (χ0) is 36.6. The molecule has 1 aliphatic carbocycles. The molecule has 0 bridgehead atoms. The van der Waals surface area contributed by atoms with Crippen LogP contribution in [-0.2, 0) is 0 Å². The number of nitrogens with zero attached hydrogens (tertiary/aromatic N) is 4. The predicted octanol–water partition coefficient (Wildman–Crippen LogP) is 8.20. The van der Waals surface area contributed by atoms with E-state index in [9.17, 15) is 9.59 Å². The Balaban J connectivity index is 1.08. The second kappa shape index (κ2) is 13.9. The van der Waals surface area contributed by atoms with Gasteiger partial charge in [-0.25, -0.2) is 9.50 Å². The number of nitrogens with two attached hydrogens (primary N) is 1. The van der Waals surface area contributed by atoms with E-state index in [4.69, 9.17) is 10.5 Å². The number of aromatic nitrogens is 4. The molecule has 1 aliphatic rings. The Bertz CT molecular complexity index is 2280. The number of para-hydroxylation sites is 2. The maximum atomic E-state index is 13.2.